The van der Waals surface area contributed by atoms with E-state index in [0.29, 0.717) is 18.5 Å². The van der Waals surface area contributed by atoms with Crippen LogP contribution in [0.1, 0.15) is 21.6 Å². The average Bonchev–Trinajstić information content (AvgIpc) is 3.16. The molecule has 142 valence electrons. The van der Waals surface area contributed by atoms with Crippen molar-refractivity contribution in [2.75, 3.05) is 6.54 Å². The summed E-state index contributed by atoms with van der Waals surface area (Å²) in [6.07, 6.45) is 0.712. The van der Waals surface area contributed by atoms with E-state index in [1.807, 2.05) is 42.5 Å². The van der Waals surface area contributed by atoms with E-state index < -0.39 is 8.07 Å². The van der Waals surface area contributed by atoms with E-state index in [0.717, 1.165) is 21.8 Å². The summed E-state index contributed by atoms with van der Waals surface area (Å²) in [7, 11) is -1.43. The lowest BCUT2D eigenvalue weighted by Crippen LogP contribution is -2.25. The summed E-state index contributed by atoms with van der Waals surface area (Å²) in [5.74, 6) is 3.13. The first-order chi connectivity index (χ1) is 13.4. The Hall–Kier alpha value is -2.68. The number of hydrogen-bond donors (Lipinski definition) is 1. The van der Waals surface area contributed by atoms with Crippen molar-refractivity contribution in [2.24, 2.45) is 0 Å². The topological polar surface area (TPSA) is 42.0 Å². The Balaban J connectivity index is 1.56. The molecule has 0 fully saturated rings. The number of aromatic nitrogens is 1. The van der Waals surface area contributed by atoms with Crippen LogP contribution in [0.5, 0.6) is 0 Å². The molecule has 0 saturated heterocycles. The first kappa shape index (κ1) is 20.1. The van der Waals surface area contributed by atoms with E-state index in [2.05, 4.69) is 58.9 Å². The number of carbonyl (C=O) groups is 1. The number of rotatable bonds is 5. The van der Waals surface area contributed by atoms with Gasteiger partial charge >= 0.3 is 0 Å². The van der Waals surface area contributed by atoms with Crippen LogP contribution in [-0.2, 0) is 6.42 Å². The lowest BCUT2D eigenvalue weighted by atomic mass is 10.1. The highest BCUT2D eigenvalue weighted by Crippen LogP contribution is 2.23. The number of amides is 1. The van der Waals surface area contributed by atoms with Gasteiger partial charge in [0.05, 0.1) is 5.69 Å². The maximum Gasteiger partial charge on any atom is 0.251 e. The fraction of sp³-hybridized carbons (Fsp3) is 0.217. The normalized spacial score (nSPS) is 10.8. The summed E-state index contributed by atoms with van der Waals surface area (Å²) in [5.41, 5.74) is 6.99. The number of hydrogen-bond acceptors (Lipinski definition) is 3. The molecule has 0 unspecified atom stereocenters. The molecule has 1 aromatic heterocycles. The van der Waals surface area contributed by atoms with Crippen molar-refractivity contribution in [3.8, 4) is 22.0 Å². The Kier molecular flexibility index (Phi) is 6.45. The van der Waals surface area contributed by atoms with Crippen LogP contribution in [0, 0.1) is 11.5 Å². The van der Waals surface area contributed by atoms with Crippen LogP contribution in [0.25, 0.3) is 10.6 Å². The van der Waals surface area contributed by atoms with Crippen molar-refractivity contribution in [3.63, 3.8) is 0 Å². The minimum absolute atomic E-state index is 0.0739. The van der Waals surface area contributed by atoms with Crippen molar-refractivity contribution in [2.45, 2.75) is 26.1 Å². The first-order valence-electron chi connectivity index (χ1n) is 9.32. The van der Waals surface area contributed by atoms with E-state index in [9.17, 15) is 4.79 Å². The lowest BCUT2D eigenvalue weighted by Gasteiger charge is -2.06. The molecule has 3 aromatic rings. The first-order valence-corrected chi connectivity index (χ1v) is 13.7. The number of carbonyl (C=O) groups excluding carboxylic acids is 1. The van der Waals surface area contributed by atoms with Crippen molar-refractivity contribution in [1.82, 2.24) is 10.3 Å². The molecule has 0 saturated carbocycles. The molecule has 3 rings (SSSR count). The van der Waals surface area contributed by atoms with Crippen LogP contribution in [0.4, 0.5) is 0 Å². The minimum Gasteiger partial charge on any atom is -0.352 e. The van der Waals surface area contributed by atoms with Crippen LogP contribution < -0.4 is 5.32 Å². The van der Waals surface area contributed by atoms with Gasteiger partial charge in [-0.15, -0.1) is 16.9 Å². The van der Waals surface area contributed by atoms with Crippen LogP contribution in [0.15, 0.2) is 60.0 Å². The molecule has 0 atom stereocenters. The monoisotopic (exact) mass is 404 g/mol. The molecule has 0 aliphatic carbocycles. The van der Waals surface area contributed by atoms with Gasteiger partial charge in [-0.05, 0) is 18.2 Å². The largest absolute Gasteiger partial charge is 0.352 e. The van der Waals surface area contributed by atoms with Crippen LogP contribution in [0.2, 0.25) is 19.6 Å². The molecule has 2 aromatic carbocycles. The van der Waals surface area contributed by atoms with Gasteiger partial charge in [0, 0.05) is 35.0 Å². The number of nitrogens with zero attached hydrogens (tertiary/aromatic N) is 1. The van der Waals surface area contributed by atoms with Gasteiger partial charge in [0.15, 0.2) is 0 Å². The zero-order valence-corrected chi connectivity index (χ0v) is 18.3. The Labute approximate surface area is 171 Å². The summed E-state index contributed by atoms with van der Waals surface area (Å²) < 4.78 is 0. The molecule has 1 amide bonds. The molecule has 0 radical (unpaired) electrons. The Morgan fingerprint density at radius 3 is 2.64 bits per heavy atom. The number of benzene rings is 2. The van der Waals surface area contributed by atoms with Crippen molar-refractivity contribution in [1.29, 1.82) is 0 Å². The highest BCUT2D eigenvalue weighted by Gasteiger charge is 2.09. The maximum absolute atomic E-state index is 12.4. The summed E-state index contributed by atoms with van der Waals surface area (Å²) in [6.45, 7) is 7.18. The van der Waals surface area contributed by atoms with Crippen LogP contribution in [-0.4, -0.2) is 25.5 Å². The molecule has 5 heteroatoms. The fourth-order valence-corrected chi connectivity index (χ4v) is 3.92. The lowest BCUT2D eigenvalue weighted by molar-refractivity contribution is 0.0954. The predicted octanol–water partition coefficient (Wildman–Crippen LogP) is 5.01. The van der Waals surface area contributed by atoms with Crippen LogP contribution >= 0.6 is 11.3 Å². The predicted molar refractivity (Wildman–Crippen MR) is 120 cm³/mol. The molecule has 28 heavy (non-hydrogen) atoms. The van der Waals surface area contributed by atoms with Crippen molar-refractivity contribution in [3.05, 3.63) is 76.8 Å². The number of thiazole rings is 1. The molecule has 0 bridgehead atoms. The standard InChI is InChI=1S/C23H24N2OSSi/c1-28(2,3)15-13-18-8-7-11-20(16-18)22(26)24-14-12-21-17-27-23(25-21)19-9-5-4-6-10-19/h4-11,16-17H,12,14H2,1-3H3,(H,24,26). The van der Waals surface area contributed by atoms with Gasteiger partial charge in [-0.2, -0.15) is 0 Å². The molecule has 1 N–H and O–H groups in total. The molecule has 0 spiro atoms. The maximum atomic E-state index is 12.4. The SMILES string of the molecule is C[Si](C)(C)C#Cc1cccc(C(=O)NCCc2csc(-c3ccccc3)n2)c1. The Morgan fingerprint density at radius 1 is 1.11 bits per heavy atom. The highest BCUT2D eigenvalue weighted by molar-refractivity contribution is 7.13. The molecule has 3 nitrogen and oxygen atoms in total. The van der Waals surface area contributed by atoms with Gasteiger partial charge in [-0.25, -0.2) is 4.98 Å². The molecule has 1 heterocycles. The van der Waals surface area contributed by atoms with E-state index >= 15 is 0 Å². The average molecular weight is 405 g/mol. The summed E-state index contributed by atoms with van der Waals surface area (Å²) in [6, 6.07) is 17.7. The van der Waals surface area contributed by atoms with E-state index in [4.69, 9.17) is 0 Å². The summed E-state index contributed by atoms with van der Waals surface area (Å²) >= 11 is 1.63. The van der Waals surface area contributed by atoms with Gasteiger partial charge in [0.25, 0.3) is 5.91 Å². The third kappa shape index (κ3) is 5.91. The second kappa shape index (κ2) is 9.00. The van der Waals surface area contributed by atoms with Gasteiger partial charge in [0.1, 0.15) is 13.1 Å². The smallest absolute Gasteiger partial charge is 0.251 e. The molecular formula is C23H24N2OSSi. The number of nitrogens with one attached hydrogen (secondary N) is 1. The van der Waals surface area contributed by atoms with Gasteiger partial charge in [0.2, 0.25) is 0 Å². The fourth-order valence-electron chi connectivity index (χ4n) is 2.54. The van der Waals surface area contributed by atoms with Gasteiger partial charge in [-0.1, -0.05) is 62.0 Å². The van der Waals surface area contributed by atoms with E-state index in [1.165, 1.54) is 0 Å². The minimum atomic E-state index is -1.43. The van der Waals surface area contributed by atoms with Crippen LogP contribution in [0.3, 0.4) is 0 Å². The van der Waals surface area contributed by atoms with Gasteiger partial charge in [-0.3, -0.25) is 4.79 Å². The second-order valence-electron chi connectivity index (χ2n) is 7.60. The van der Waals surface area contributed by atoms with E-state index in [-0.39, 0.29) is 5.91 Å². The highest BCUT2D eigenvalue weighted by atomic mass is 32.1. The van der Waals surface area contributed by atoms with Crippen molar-refractivity contribution >= 4 is 25.3 Å². The Bertz CT molecular complexity index is 1010. The van der Waals surface area contributed by atoms with Gasteiger partial charge < -0.3 is 5.32 Å². The third-order valence-corrected chi connectivity index (χ3v) is 5.76. The van der Waals surface area contributed by atoms with E-state index in [1.54, 1.807) is 11.3 Å². The second-order valence-corrected chi connectivity index (χ2v) is 13.2. The molecule has 0 aliphatic rings. The third-order valence-electron chi connectivity index (χ3n) is 3.95. The summed E-state index contributed by atoms with van der Waals surface area (Å²) in [4.78, 5) is 17.1. The quantitative estimate of drug-likeness (QED) is 0.480. The zero-order chi connectivity index (χ0) is 20.0. The zero-order valence-electron chi connectivity index (χ0n) is 16.5. The summed E-state index contributed by atoms with van der Waals surface area (Å²) in [5, 5.41) is 6.05. The Morgan fingerprint density at radius 2 is 1.89 bits per heavy atom. The molecular weight excluding hydrogens is 380 g/mol. The molecule has 0 aliphatic heterocycles. The van der Waals surface area contributed by atoms with Crippen molar-refractivity contribution < 1.29 is 4.79 Å².